The number of halogens is 3. The molecule has 2 aliphatic heterocycles. The van der Waals surface area contributed by atoms with E-state index in [0.717, 1.165) is 10.4 Å². The molecular formula is C28H28F3N5O2S. The lowest BCUT2D eigenvalue weighted by atomic mass is 9.83. The van der Waals surface area contributed by atoms with Crippen molar-refractivity contribution in [1.29, 1.82) is 5.26 Å². The monoisotopic (exact) mass is 555 g/mol. The van der Waals surface area contributed by atoms with E-state index in [1.807, 2.05) is 0 Å². The van der Waals surface area contributed by atoms with Crippen LogP contribution >= 0.6 is 11.3 Å². The minimum Gasteiger partial charge on any atom is -0.377 e. The Morgan fingerprint density at radius 2 is 2.08 bits per heavy atom. The fraction of sp³-hybridized carbons (Fsp3) is 0.393. The Morgan fingerprint density at radius 3 is 2.74 bits per heavy atom. The average molecular weight is 556 g/mol. The molecule has 2 aliphatic rings. The normalized spacial score (nSPS) is 18.6. The molecule has 4 heterocycles. The van der Waals surface area contributed by atoms with Crippen LogP contribution in [0.5, 0.6) is 0 Å². The van der Waals surface area contributed by atoms with Gasteiger partial charge in [-0.3, -0.25) is 9.48 Å². The highest BCUT2D eigenvalue weighted by Gasteiger charge is 2.39. The average Bonchev–Trinajstić information content (AvgIpc) is 3.53. The van der Waals surface area contributed by atoms with Gasteiger partial charge in [0, 0.05) is 48.3 Å². The molecular weight excluding hydrogens is 527 g/mol. The Balaban J connectivity index is 1.49. The van der Waals surface area contributed by atoms with E-state index < -0.39 is 17.8 Å². The molecule has 2 aromatic heterocycles. The maximum atomic E-state index is 14.0. The lowest BCUT2D eigenvalue weighted by Crippen LogP contribution is -2.58. The number of nitriles is 1. The molecule has 1 aromatic carbocycles. The number of ether oxygens (including phenoxy) is 1. The minimum atomic E-state index is -4.62. The SMILES string of the molecule is CCn1cc(-c2ccccc2C2CN(C(=O)/C=C/CNC3(C)COC3)Cc3sc(C#N)cc32)c(C(F)(F)F)n1. The number of fused-ring (bicyclic) bond motifs is 1. The van der Waals surface area contributed by atoms with Gasteiger partial charge in [-0.1, -0.05) is 30.3 Å². The number of amides is 1. The third-order valence-electron chi connectivity index (χ3n) is 7.11. The van der Waals surface area contributed by atoms with Gasteiger partial charge in [-0.15, -0.1) is 11.3 Å². The number of benzene rings is 1. The van der Waals surface area contributed by atoms with Crippen molar-refractivity contribution in [2.45, 2.75) is 44.6 Å². The van der Waals surface area contributed by atoms with Crippen LogP contribution in [0.25, 0.3) is 11.1 Å². The Morgan fingerprint density at radius 1 is 1.31 bits per heavy atom. The number of aryl methyl sites for hydroxylation is 1. The van der Waals surface area contributed by atoms with Crippen molar-refractivity contribution in [3.8, 4) is 17.2 Å². The van der Waals surface area contributed by atoms with Crippen molar-refractivity contribution >= 4 is 17.2 Å². The van der Waals surface area contributed by atoms with Gasteiger partial charge in [0.15, 0.2) is 5.69 Å². The first-order valence-corrected chi connectivity index (χ1v) is 13.5. The molecule has 204 valence electrons. The molecule has 39 heavy (non-hydrogen) atoms. The lowest BCUT2D eigenvalue weighted by molar-refractivity contribution is -0.141. The van der Waals surface area contributed by atoms with Gasteiger partial charge in [0.05, 0.1) is 25.3 Å². The van der Waals surface area contributed by atoms with E-state index in [2.05, 4.69) is 23.4 Å². The first-order chi connectivity index (χ1) is 18.6. The Hall–Kier alpha value is -3.46. The number of rotatable bonds is 7. The van der Waals surface area contributed by atoms with Crippen LogP contribution in [0.1, 0.15) is 46.3 Å². The maximum absolute atomic E-state index is 14.0. The van der Waals surface area contributed by atoms with E-state index in [-0.39, 0.29) is 23.6 Å². The summed E-state index contributed by atoms with van der Waals surface area (Å²) in [6.07, 6.45) is 0.0937. The largest absolute Gasteiger partial charge is 0.435 e. The van der Waals surface area contributed by atoms with Crippen LogP contribution in [-0.4, -0.2) is 52.4 Å². The molecule has 0 aliphatic carbocycles. The summed E-state index contributed by atoms with van der Waals surface area (Å²) in [5, 5.41) is 16.7. The van der Waals surface area contributed by atoms with Gasteiger partial charge in [0.1, 0.15) is 10.9 Å². The number of hydrogen-bond acceptors (Lipinski definition) is 6. The molecule has 0 bridgehead atoms. The van der Waals surface area contributed by atoms with Gasteiger partial charge in [-0.25, -0.2) is 0 Å². The summed E-state index contributed by atoms with van der Waals surface area (Å²) in [5.41, 5.74) is 0.907. The topological polar surface area (TPSA) is 83.2 Å². The molecule has 5 rings (SSSR count). The molecule has 0 saturated carbocycles. The van der Waals surface area contributed by atoms with Gasteiger partial charge in [-0.2, -0.15) is 23.5 Å². The molecule has 1 atom stereocenters. The second-order valence-corrected chi connectivity index (χ2v) is 11.2. The Kier molecular flexibility index (Phi) is 7.37. The molecule has 3 aromatic rings. The molecule has 1 fully saturated rings. The van der Waals surface area contributed by atoms with Gasteiger partial charge in [0.25, 0.3) is 0 Å². The number of thiophene rings is 1. The van der Waals surface area contributed by atoms with Crippen LogP contribution in [0.4, 0.5) is 13.2 Å². The van der Waals surface area contributed by atoms with Crippen molar-refractivity contribution in [2.24, 2.45) is 0 Å². The zero-order chi connectivity index (χ0) is 27.8. The number of nitrogens with one attached hydrogen (secondary N) is 1. The standard InChI is InChI=1S/C28H28F3N5O2S/c1-3-36-14-23(26(34-36)28(29,30)31)20-8-5-4-7-19(20)22-13-35(15-24-21(22)11-18(12-32)39-24)25(37)9-6-10-33-27(2)16-38-17-27/h4-9,11,14,22,33H,3,10,13,15-17H2,1-2H3/b9-6+. The van der Waals surface area contributed by atoms with Crippen LogP contribution in [0.15, 0.2) is 48.7 Å². The number of carbonyl (C=O) groups excluding carboxylic acids is 1. The zero-order valence-electron chi connectivity index (χ0n) is 21.6. The van der Waals surface area contributed by atoms with Crippen LogP contribution in [-0.2, 0) is 28.8 Å². The van der Waals surface area contributed by atoms with Gasteiger partial charge < -0.3 is 15.0 Å². The summed E-state index contributed by atoms with van der Waals surface area (Å²) in [6.45, 7) is 6.45. The highest BCUT2D eigenvalue weighted by molar-refractivity contribution is 7.12. The van der Waals surface area contributed by atoms with Crippen LogP contribution < -0.4 is 5.32 Å². The Bertz CT molecular complexity index is 1450. The summed E-state index contributed by atoms with van der Waals surface area (Å²) in [4.78, 5) is 16.3. The van der Waals surface area contributed by atoms with Gasteiger partial charge >= 0.3 is 6.18 Å². The number of carbonyl (C=O) groups is 1. The molecule has 7 nitrogen and oxygen atoms in total. The summed E-state index contributed by atoms with van der Waals surface area (Å²) in [7, 11) is 0. The Labute approximate surface area is 228 Å². The fourth-order valence-corrected chi connectivity index (χ4v) is 6.06. The fourth-order valence-electron chi connectivity index (χ4n) is 5.02. The van der Waals surface area contributed by atoms with E-state index in [0.29, 0.717) is 48.9 Å². The molecule has 1 N–H and O–H groups in total. The molecule has 11 heteroatoms. The maximum Gasteiger partial charge on any atom is 0.435 e. The van der Waals surface area contributed by atoms with Crippen LogP contribution in [0.3, 0.4) is 0 Å². The number of aromatic nitrogens is 2. The van der Waals surface area contributed by atoms with Crippen molar-refractivity contribution < 1.29 is 22.7 Å². The molecule has 1 saturated heterocycles. The molecule has 0 spiro atoms. The zero-order valence-corrected chi connectivity index (χ0v) is 22.4. The first kappa shape index (κ1) is 27.1. The van der Waals surface area contributed by atoms with E-state index >= 15 is 0 Å². The van der Waals surface area contributed by atoms with Gasteiger partial charge in [-0.05, 0) is 36.6 Å². The highest BCUT2D eigenvalue weighted by Crippen LogP contribution is 2.44. The first-order valence-electron chi connectivity index (χ1n) is 12.7. The second-order valence-electron chi connectivity index (χ2n) is 10.0. The summed E-state index contributed by atoms with van der Waals surface area (Å²) in [5.74, 6) is -0.600. The van der Waals surface area contributed by atoms with Crippen molar-refractivity contribution in [3.63, 3.8) is 0 Å². The third kappa shape index (κ3) is 5.50. The van der Waals surface area contributed by atoms with E-state index in [1.165, 1.54) is 28.3 Å². The molecule has 1 amide bonds. The lowest BCUT2D eigenvalue weighted by Gasteiger charge is -2.38. The number of nitrogens with zero attached hydrogens (tertiary/aromatic N) is 4. The van der Waals surface area contributed by atoms with E-state index in [4.69, 9.17) is 4.74 Å². The van der Waals surface area contributed by atoms with Gasteiger partial charge in [0.2, 0.25) is 5.91 Å². The summed E-state index contributed by atoms with van der Waals surface area (Å²) >= 11 is 1.31. The quantitative estimate of drug-likeness (QED) is 0.418. The minimum absolute atomic E-state index is 0.000116. The molecule has 1 unspecified atom stereocenters. The van der Waals surface area contributed by atoms with Crippen LogP contribution in [0.2, 0.25) is 0 Å². The predicted octanol–water partition coefficient (Wildman–Crippen LogP) is 4.93. The van der Waals surface area contributed by atoms with E-state index in [9.17, 15) is 23.2 Å². The van der Waals surface area contributed by atoms with Crippen molar-refractivity contribution in [3.05, 3.63) is 75.3 Å². The number of hydrogen-bond donors (Lipinski definition) is 1. The van der Waals surface area contributed by atoms with Crippen molar-refractivity contribution in [1.82, 2.24) is 20.0 Å². The van der Waals surface area contributed by atoms with E-state index in [1.54, 1.807) is 48.2 Å². The van der Waals surface area contributed by atoms with Crippen molar-refractivity contribution in [2.75, 3.05) is 26.3 Å². The summed E-state index contributed by atoms with van der Waals surface area (Å²) < 4.78 is 48.5. The second kappa shape index (κ2) is 10.6. The van der Waals surface area contributed by atoms with Crippen LogP contribution in [0, 0.1) is 11.3 Å². The third-order valence-corrected chi connectivity index (χ3v) is 8.15. The molecule has 0 radical (unpaired) electrons. The number of alkyl halides is 3. The highest BCUT2D eigenvalue weighted by atomic mass is 32.1. The predicted molar refractivity (Wildman–Crippen MR) is 141 cm³/mol. The smallest absolute Gasteiger partial charge is 0.377 e. The summed E-state index contributed by atoms with van der Waals surface area (Å²) in [6, 6.07) is 10.9.